The number of H-pyrrole nitrogens is 1. The molecule has 0 saturated heterocycles. The Labute approximate surface area is 175 Å². The highest BCUT2D eigenvalue weighted by Gasteiger charge is 2.22. The molecule has 0 radical (unpaired) electrons. The molecule has 3 aromatic heterocycles. The molecule has 0 bridgehead atoms. The maximum absolute atomic E-state index is 12.5. The second kappa shape index (κ2) is 8.53. The van der Waals surface area contributed by atoms with Crippen molar-refractivity contribution in [1.82, 2.24) is 29.7 Å². The van der Waals surface area contributed by atoms with Gasteiger partial charge in [0.25, 0.3) is 11.5 Å². The van der Waals surface area contributed by atoms with Crippen molar-refractivity contribution in [1.29, 1.82) is 0 Å². The summed E-state index contributed by atoms with van der Waals surface area (Å²) in [6.45, 7) is 1.61. The van der Waals surface area contributed by atoms with Gasteiger partial charge in [0.15, 0.2) is 23.3 Å². The summed E-state index contributed by atoms with van der Waals surface area (Å²) in [5, 5.41) is 6.63. The van der Waals surface area contributed by atoms with Gasteiger partial charge in [0.05, 0.1) is 12.9 Å². The topological polar surface area (TPSA) is 145 Å². The first kappa shape index (κ1) is 19.9. The van der Waals surface area contributed by atoms with Crippen LogP contribution in [-0.4, -0.2) is 47.7 Å². The quantitative estimate of drug-likeness (QED) is 0.443. The lowest BCUT2D eigenvalue weighted by atomic mass is 10.2. The van der Waals surface area contributed by atoms with Crippen LogP contribution in [0, 0.1) is 0 Å². The predicted octanol–water partition coefficient (Wildman–Crippen LogP) is 1.14. The van der Waals surface area contributed by atoms with Crippen LogP contribution in [0.3, 0.4) is 0 Å². The molecular weight excluding hydrogens is 402 g/mol. The number of benzene rings is 1. The number of amides is 1. The number of nitrogens with zero attached hydrogens (tertiary/aromatic N) is 5. The maximum Gasteiger partial charge on any atom is 0.359 e. The van der Waals surface area contributed by atoms with Gasteiger partial charge in [-0.05, 0) is 18.6 Å². The minimum Gasteiger partial charge on any atom is -0.448 e. The number of fused-ring (bicyclic) bond motifs is 1. The summed E-state index contributed by atoms with van der Waals surface area (Å²) >= 11 is 0. The van der Waals surface area contributed by atoms with Crippen LogP contribution in [0.2, 0.25) is 0 Å². The Morgan fingerprint density at radius 2 is 1.94 bits per heavy atom. The molecule has 3 heterocycles. The zero-order valence-corrected chi connectivity index (χ0v) is 16.3. The average Bonchev–Trinajstić information content (AvgIpc) is 3.26. The van der Waals surface area contributed by atoms with E-state index in [4.69, 9.17) is 4.74 Å². The van der Waals surface area contributed by atoms with Crippen molar-refractivity contribution >= 4 is 28.9 Å². The van der Waals surface area contributed by atoms with Crippen LogP contribution in [0.5, 0.6) is 0 Å². The van der Waals surface area contributed by atoms with Crippen LogP contribution < -0.4 is 10.9 Å². The lowest BCUT2D eigenvalue weighted by molar-refractivity contribution is -0.123. The Balaban J connectivity index is 1.45. The van der Waals surface area contributed by atoms with Gasteiger partial charge in [0.2, 0.25) is 0 Å². The van der Waals surface area contributed by atoms with Crippen molar-refractivity contribution in [2.75, 3.05) is 5.32 Å². The van der Waals surface area contributed by atoms with Crippen molar-refractivity contribution in [3.05, 3.63) is 76.7 Å². The third-order valence-corrected chi connectivity index (χ3v) is 4.37. The van der Waals surface area contributed by atoms with E-state index in [1.54, 1.807) is 0 Å². The van der Waals surface area contributed by atoms with E-state index in [1.807, 2.05) is 30.3 Å². The Morgan fingerprint density at radius 3 is 2.74 bits per heavy atom. The lowest BCUT2D eigenvalue weighted by Gasteiger charge is -2.13. The molecule has 0 saturated carbocycles. The molecule has 2 N–H and O–H groups in total. The van der Waals surface area contributed by atoms with Crippen molar-refractivity contribution in [2.45, 2.75) is 19.6 Å². The Morgan fingerprint density at radius 1 is 1.13 bits per heavy atom. The monoisotopic (exact) mass is 419 g/mol. The number of anilines is 1. The second-order valence-corrected chi connectivity index (χ2v) is 6.56. The van der Waals surface area contributed by atoms with Crippen LogP contribution in [-0.2, 0) is 16.1 Å². The average molecular weight is 419 g/mol. The van der Waals surface area contributed by atoms with E-state index >= 15 is 0 Å². The van der Waals surface area contributed by atoms with Crippen molar-refractivity contribution < 1.29 is 14.3 Å². The molecule has 1 amide bonds. The molecule has 1 aromatic carbocycles. The van der Waals surface area contributed by atoms with Crippen LogP contribution >= 0.6 is 0 Å². The number of hydrogen-bond acceptors (Lipinski definition) is 8. The zero-order valence-electron chi connectivity index (χ0n) is 16.3. The van der Waals surface area contributed by atoms with Gasteiger partial charge in [-0.3, -0.25) is 9.59 Å². The van der Waals surface area contributed by atoms with Gasteiger partial charge in [0.1, 0.15) is 11.8 Å². The van der Waals surface area contributed by atoms with E-state index in [0.29, 0.717) is 11.2 Å². The first-order chi connectivity index (χ1) is 15.0. The molecule has 0 aliphatic carbocycles. The molecule has 4 aromatic rings. The fraction of sp³-hybridized carbons (Fsp3) is 0.150. The highest BCUT2D eigenvalue weighted by molar-refractivity contribution is 6.00. The van der Waals surface area contributed by atoms with Crippen molar-refractivity contribution in [2.24, 2.45) is 0 Å². The molecule has 0 aliphatic rings. The highest BCUT2D eigenvalue weighted by atomic mass is 16.5. The molecule has 0 fully saturated rings. The Hall–Kier alpha value is -4.41. The number of aromatic amines is 1. The molecule has 11 nitrogen and oxygen atoms in total. The minimum atomic E-state index is -1.14. The van der Waals surface area contributed by atoms with E-state index < -0.39 is 18.0 Å². The van der Waals surface area contributed by atoms with Gasteiger partial charge in [-0.15, -0.1) is 0 Å². The second-order valence-electron chi connectivity index (χ2n) is 6.56. The molecule has 156 valence electrons. The molecular formula is C20H17N7O4. The Kier molecular flexibility index (Phi) is 5.47. The summed E-state index contributed by atoms with van der Waals surface area (Å²) in [7, 11) is 0. The van der Waals surface area contributed by atoms with Gasteiger partial charge in [0, 0.05) is 6.07 Å². The smallest absolute Gasteiger partial charge is 0.359 e. The number of carbonyl (C=O) groups excluding carboxylic acids is 2. The van der Waals surface area contributed by atoms with E-state index in [-0.39, 0.29) is 23.6 Å². The summed E-state index contributed by atoms with van der Waals surface area (Å²) in [6.07, 6.45) is 1.54. The summed E-state index contributed by atoms with van der Waals surface area (Å²) in [4.78, 5) is 51.8. The van der Waals surface area contributed by atoms with Crippen LogP contribution in [0.4, 0.5) is 5.82 Å². The van der Waals surface area contributed by atoms with Crippen LogP contribution in [0.1, 0.15) is 23.0 Å². The molecule has 11 heteroatoms. The van der Waals surface area contributed by atoms with Gasteiger partial charge in [-0.1, -0.05) is 30.3 Å². The molecule has 0 unspecified atom stereocenters. The van der Waals surface area contributed by atoms with E-state index in [0.717, 1.165) is 10.2 Å². The standard InChI is InChI=1S/C20H17N7O4/c1-12(19(29)25-18-16-17(22-10-21-16)23-11-24-18)31-20(30)14-7-8-15(28)27(26-14)9-13-5-3-2-4-6-13/h2-8,10-12H,9H2,1H3,(H2,21,22,23,24,25,29)/t12-/m0/s1. The molecule has 4 rings (SSSR count). The molecule has 0 aliphatic heterocycles. The van der Waals surface area contributed by atoms with Gasteiger partial charge >= 0.3 is 5.97 Å². The van der Waals surface area contributed by atoms with Crippen LogP contribution in [0.15, 0.2) is 59.9 Å². The van der Waals surface area contributed by atoms with E-state index in [2.05, 4.69) is 30.4 Å². The third-order valence-electron chi connectivity index (χ3n) is 4.37. The molecule has 1 atom stereocenters. The molecule has 31 heavy (non-hydrogen) atoms. The number of aromatic nitrogens is 6. The van der Waals surface area contributed by atoms with Crippen LogP contribution in [0.25, 0.3) is 11.2 Å². The lowest BCUT2D eigenvalue weighted by Crippen LogP contribution is -2.32. The summed E-state index contributed by atoms with van der Waals surface area (Å²) in [5.74, 6) is -1.22. The number of carbonyl (C=O) groups is 2. The largest absolute Gasteiger partial charge is 0.448 e. The minimum absolute atomic E-state index is 0.0897. The number of nitrogens with one attached hydrogen (secondary N) is 2. The van der Waals surface area contributed by atoms with E-state index in [1.165, 1.54) is 31.7 Å². The van der Waals surface area contributed by atoms with Gasteiger partial charge in [-0.25, -0.2) is 24.4 Å². The third kappa shape index (κ3) is 4.45. The van der Waals surface area contributed by atoms with Gasteiger partial charge < -0.3 is 15.0 Å². The number of hydrogen-bond donors (Lipinski definition) is 2. The normalized spacial score (nSPS) is 11.8. The van der Waals surface area contributed by atoms with Gasteiger partial charge in [-0.2, -0.15) is 5.10 Å². The Bertz CT molecular complexity index is 1300. The predicted molar refractivity (Wildman–Crippen MR) is 109 cm³/mol. The number of ether oxygens (including phenoxy) is 1. The number of imidazole rings is 1. The molecule has 0 spiro atoms. The fourth-order valence-corrected chi connectivity index (χ4v) is 2.78. The number of rotatable bonds is 6. The summed E-state index contributed by atoms with van der Waals surface area (Å²) in [6, 6.07) is 11.7. The fourth-order valence-electron chi connectivity index (χ4n) is 2.78. The maximum atomic E-state index is 12.5. The first-order valence-corrected chi connectivity index (χ1v) is 9.29. The highest BCUT2D eigenvalue weighted by Crippen LogP contribution is 2.15. The zero-order chi connectivity index (χ0) is 21.8. The number of esters is 1. The first-order valence-electron chi connectivity index (χ1n) is 9.29. The SMILES string of the molecule is C[C@H](OC(=O)c1ccc(=O)n(Cc2ccccc2)n1)C(=O)Nc1ncnc2nc[nH]c12. The summed E-state index contributed by atoms with van der Waals surface area (Å²) < 4.78 is 6.37. The van der Waals surface area contributed by atoms with Crippen molar-refractivity contribution in [3.8, 4) is 0 Å². The summed E-state index contributed by atoms with van der Waals surface area (Å²) in [5.41, 5.74) is 1.24. The van der Waals surface area contributed by atoms with E-state index in [9.17, 15) is 14.4 Å². The van der Waals surface area contributed by atoms with Crippen molar-refractivity contribution in [3.63, 3.8) is 0 Å².